The normalized spacial score (nSPS) is 12.6. The van der Waals surface area contributed by atoms with Gasteiger partial charge < -0.3 is 15.8 Å². The minimum atomic E-state index is 0.0294. The molecule has 0 aliphatic heterocycles. The van der Waals surface area contributed by atoms with Crippen molar-refractivity contribution in [3.63, 3.8) is 0 Å². The molecule has 0 amide bonds. The Morgan fingerprint density at radius 1 is 1.31 bits per heavy atom. The largest absolute Gasteiger partial charge is 0.496 e. The van der Waals surface area contributed by atoms with Crippen LogP contribution in [0.4, 0.5) is 0 Å². The van der Waals surface area contributed by atoms with Crippen LogP contribution in [-0.4, -0.2) is 20.7 Å². The van der Waals surface area contributed by atoms with Crippen LogP contribution >= 0.6 is 0 Å². The monoisotopic (exact) mass is 222 g/mol. The van der Waals surface area contributed by atoms with E-state index in [-0.39, 0.29) is 6.04 Å². The van der Waals surface area contributed by atoms with Crippen molar-refractivity contribution in [3.05, 3.63) is 28.8 Å². The third-order valence-corrected chi connectivity index (χ3v) is 2.95. The quantitative estimate of drug-likeness (QED) is 0.800. The highest BCUT2D eigenvalue weighted by atomic mass is 16.5. The van der Waals surface area contributed by atoms with Gasteiger partial charge in [-0.2, -0.15) is 0 Å². The fourth-order valence-electron chi connectivity index (χ4n) is 1.73. The van der Waals surface area contributed by atoms with E-state index in [0.29, 0.717) is 0 Å². The third kappa shape index (κ3) is 2.97. The first kappa shape index (κ1) is 13.0. The topological polar surface area (TPSA) is 47.3 Å². The number of aryl methyl sites for hydroxylation is 2. The van der Waals surface area contributed by atoms with Crippen molar-refractivity contribution in [3.8, 4) is 5.75 Å². The van der Waals surface area contributed by atoms with Crippen LogP contribution in [0.25, 0.3) is 0 Å². The van der Waals surface area contributed by atoms with Gasteiger partial charge in [0.05, 0.1) is 7.11 Å². The average molecular weight is 222 g/mol. The Kier molecular flexibility index (Phi) is 4.77. The lowest BCUT2D eigenvalue weighted by atomic mass is 9.98. The molecule has 1 aromatic rings. The van der Waals surface area contributed by atoms with Crippen LogP contribution in [-0.2, 0) is 0 Å². The molecule has 0 heterocycles. The zero-order valence-corrected chi connectivity index (χ0v) is 10.6. The van der Waals surface area contributed by atoms with Gasteiger partial charge in [0.25, 0.3) is 0 Å². The molecule has 1 atom stereocenters. The average Bonchev–Trinajstić information content (AvgIpc) is 2.28. The van der Waals surface area contributed by atoms with Gasteiger partial charge in [-0.1, -0.05) is 6.07 Å². The summed E-state index contributed by atoms with van der Waals surface area (Å²) in [7, 11) is 3.63. The molecule has 1 unspecified atom stereocenters. The zero-order valence-electron chi connectivity index (χ0n) is 10.6. The number of ether oxygens (including phenoxy) is 1. The second-order valence-electron chi connectivity index (χ2n) is 4.18. The summed E-state index contributed by atoms with van der Waals surface area (Å²) in [4.78, 5) is 0. The smallest absolute Gasteiger partial charge is 0.123 e. The van der Waals surface area contributed by atoms with Crippen molar-refractivity contribution in [2.75, 3.05) is 20.7 Å². The summed E-state index contributed by atoms with van der Waals surface area (Å²) in [6, 6.07) is 4.22. The number of rotatable bonds is 5. The molecule has 0 bridgehead atoms. The predicted molar refractivity (Wildman–Crippen MR) is 67.9 cm³/mol. The minimum absolute atomic E-state index is 0.0294. The van der Waals surface area contributed by atoms with E-state index in [0.717, 1.165) is 24.3 Å². The molecule has 3 nitrogen and oxygen atoms in total. The fraction of sp³-hybridized carbons (Fsp3) is 0.538. The van der Waals surface area contributed by atoms with Crippen LogP contribution < -0.4 is 15.8 Å². The van der Waals surface area contributed by atoms with Gasteiger partial charge in [-0.25, -0.2) is 0 Å². The second-order valence-corrected chi connectivity index (χ2v) is 4.18. The van der Waals surface area contributed by atoms with Gasteiger partial charge in [0.2, 0.25) is 0 Å². The molecular formula is C13H22N2O. The SMILES string of the molecule is CNCCC(N)c1cc(C)c(C)cc1OC. The lowest BCUT2D eigenvalue weighted by Gasteiger charge is -2.17. The molecule has 90 valence electrons. The van der Waals surface area contributed by atoms with Crippen LogP contribution in [0.1, 0.15) is 29.2 Å². The first-order chi connectivity index (χ1) is 7.60. The standard InChI is InChI=1S/C13H22N2O/c1-9-7-11(12(14)5-6-15-3)13(16-4)8-10(9)2/h7-8,12,15H,5-6,14H2,1-4H3. The van der Waals surface area contributed by atoms with E-state index in [2.05, 4.69) is 31.3 Å². The van der Waals surface area contributed by atoms with E-state index in [1.807, 2.05) is 7.05 Å². The van der Waals surface area contributed by atoms with E-state index in [4.69, 9.17) is 10.5 Å². The molecule has 16 heavy (non-hydrogen) atoms. The van der Waals surface area contributed by atoms with Crippen molar-refractivity contribution in [1.29, 1.82) is 0 Å². The second kappa shape index (κ2) is 5.87. The maximum atomic E-state index is 6.16. The summed E-state index contributed by atoms with van der Waals surface area (Å²) in [6.07, 6.45) is 0.912. The van der Waals surface area contributed by atoms with Gasteiger partial charge in [-0.05, 0) is 51.1 Å². The maximum Gasteiger partial charge on any atom is 0.123 e. The maximum absolute atomic E-state index is 6.16. The molecule has 1 rings (SSSR count). The van der Waals surface area contributed by atoms with Gasteiger partial charge in [0.15, 0.2) is 0 Å². The fourth-order valence-corrected chi connectivity index (χ4v) is 1.73. The molecule has 0 aliphatic carbocycles. The molecule has 0 aliphatic rings. The highest BCUT2D eigenvalue weighted by Gasteiger charge is 2.12. The van der Waals surface area contributed by atoms with Crippen LogP contribution in [0.15, 0.2) is 12.1 Å². The summed E-state index contributed by atoms with van der Waals surface area (Å²) < 4.78 is 5.38. The third-order valence-electron chi connectivity index (χ3n) is 2.95. The molecule has 0 saturated carbocycles. The Labute approximate surface area is 98.0 Å². The van der Waals surface area contributed by atoms with E-state index < -0.39 is 0 Å². The summed E-state index contributed by atoms with van der Waals surface area (Å²) in [5.41, 5.74) is 9.75. The molecule has 0 radical (unpaired) electrons. The number of hydrogen-bond donors (Lipinski definition) is 2. The lowest BCUT2D eigenvalue weighted by molar-refractivity contribution is 0.403. The van der Waals surface area contributed by atoms with Crippen LogP contribution in [0.2, 0.25) is 0 Å². The van der Waals surface area contributed by atoms with Crippen LogP contribution in [0.3, 0.4) is 0 Å². The van der Waals surface area contributed by atoms with E-state index in [9.17, 15) is 0 Å². The molecule has 0 spiro atoms. The number of hydrogen-bond acceptors (Lipinski definition) is 3. The molecule has 0 saturated heterocycles. The van der Waals surface area contributed by atoms with Crippen molar-refractivity contribution in [2.45, 2.75) is 26.3 Å². The van der Waals surface area contributed by atoms with E-state index in [1.54, 1.807) is 7.11 Å². The molecule has 1 aromatic carbocycles. The number of nitrogens with two attached hydrogens (primary N) is 1. The highest BCUT2D eigenvalue weighted by Crippen LogP contribution is 2.28. The van der Waals surface area contributed by atoms with Gasteiger partial charge >= 0.3 is 0 Å². The number of nitrogens with one attached hydrogen (secondary N) is 1. The summed E-state index contributed by atoms with van der Waals surface area (Å²) in [5.74, 6) is 0.895. The minimum Gasteiger partial charge on any atom is -0.496 e. The number of benzene rings is 1. The Balaban J connectivity index is 2.96. The lowest BCUT2D eigenvalue weighted by Crippen LogP contribution is -2.18. The molecule has 3 heteroatoms. The highest BCUT2D eigenvalue weighted by molar-refractivity contribution is 5.43. The summed E-state index contributed by atoms with van der Waals surface area (Å²) in [6.45, 7) is 5.10. The Bertz CT molecular complexity index is 350. The van der Waals surface area contributed by atoms with Crippen LogP contribution in [0.5, 0.6) is 5.75 Å². The van der Waals surface area contributed by atoms with Crippen LogP contribution in [0, 0.1) is 13.8 Å². The summed E-state index contributed by atoms with van der Waals surface area (Å²) >= 11 is 0. The van der Waals surface area contributed by atoms with E-state index >= 15 is 0 Å². The van der Waals surface area contributed by atoms with Gasteiger partial charge in [-0.3, -0.25) is 0 Å². The number of methoxy groups -OCH3 is 1. The Hall–Kier alpha value is -1.06. The molecular weight excluding hydrogens is 200 g/mol. The van der Waals surface area contributed by atoms with Gasteiger partial charge in [0.1, 0.15) is 5.75 Å². The molecule has 3 N–H and O–H groups in total. The van der Waals surface area contributed by atoms with Crippen molar-refractivity contribution < 1.29 is 4.74 Å². The molecule has 0 fully saturated rings. The van der Waals surface area contributed by atoms with Crippen molar-refractivity contribution in [2.24, 2.45) is 5.73 Å². The summed E-state index contributed by atoms with van der Waals surface area (Å²) in [5, 5.41) is 3.11. The Morgan fingerprint density at radius 3 is 2.50 bits per heavy atom. The predicted octanol–water partition coefficient (Wildman–Crippen LogP) is 1.92. The Morgan fingerprint density at radius 2 is 1.94 bits per heavy atom. The van der Waals surface area contributed by atoms with Gasteiger partial charge in [0, 0.05) is 11.6 Å². The molecule has 0 aromatic heterocycles. The van der Waals surface area contributed by atoms with Gasteiger partial charge in [-0.15, -0.1) is 0 Å². The van der Waals surface area contributed by atoms with Crippen molar-refractivity contribution >= 4 is 0 Å². The van der Waals surface area contributed by atoms with Crippen molar-refractivity contribution in [1.82, 2.24) is 5.32 Å². The zero-order chi connectivity index (χ0) is 12.1. The first-order valence-corrected chi connectivity index (χ1v) is 5.65. The first-order valence-electron chi connectivity index (χ1n) is 5.65. The van der Waals surface area contributed by atoms with E-state index in [1.165, 1.54) is 11.1 Å².